The number of halogens is 3. The first-order valence-corrected chi connectivity index (χ1v) is 9.62. The fourth-order valence-corrected chi connectivity index (χ4v) is 3.73. The van der Waals surface area contributed by atoms with Gasteiger partial charge in [0.15, 0.2) is 0 Å². The highest BCUT2D eigenvalue weighted by molar-refractivity contribution is 5.93. The smallest absolute Gasteiger partial charge is 0.227 e. The maximum absolute atomic E-state index is 14.3. The van der Waals surface area contributed by atoms with Crippen molar-refractivity contribution in [2.45, 2.75) is 38.6 Å². The van der Waals surface area contributed by atoms with Gasteiger partial charge in [-0.3, -0.25) is 4.79 Å². The Morgan fingerprint density at radius 1 is 1.11 bits per heavy atom. The summed E-state index contributed by atoms with van der Waals surface area (Å²) in [5, 5.41) is 0. The number of hydrogen-bond acceptors (Lipinski definition) is 2. The Kier molecular flexibility index (Phi) is 8.39. The van der Waals surface area contributed by atoms with Gasteiger partial charge in [-0.1, -0.05) is 31.2 Å². The Labute approximate surface area is 171 Å². The molecule has 1 saturated heterocycles. The van der Waals surface area contributed by atoms with E-state index in [2.05, 4.69) is 4.90 Å². The molecule has 1 fully saturated rings. The van der Waals surface area contributed by atoms with Crippen molar-refractivity contribution >= 4 is 24.0 Å². The molecule has 0 aliphatic carbocycles. The Balaban J connectivity index is 0.00000280. The SMILES string of the molecule is CCC(=O)N(c1ccccc1F)C1CCN(CCc2cccc(F)c2)CC1.Cl. The molecular weight excluding hydrogens is 382 g/mol. The van der Waals surface area contributed by atoms with E-state index < -0.39 is 0 Å². The zero-order chi connectivity index (χ0) is 19.2. The lowest BCUT2D eigenvalue weighted by molar-refractivity contribution is -0.119. The van der Waals surface area contributed by atoms with E-state index in [1.165, 1.54) is 12.1 Å². The van der Waals surface area contributed by atoms with Gasteiger partial charge < -0.3 is 9.80 Å². The Hall–Kier alpha value is -1.98. The normalized spacial score (nSPS) is 15.1. The second-order valence-corrected chi connectivity index (χ2v) is 7.02. The van der Waals surface area contributed by atoms with Crippen molar-refractivity contribution in [3.05, 3.63) is 65.7 Å². The van der Waals surface area contributed by atoms with Gasteiger partial charge in [0.05, 0.1) is 5.69 Å². The first-order valence-electron chi connectivity index (χ1n) is 9.62. The lowest BCUT2D eigenvalue weighted by Gasteiger charge is -2.38. The van der Waals surface area contributed by atoms with Crippen LogP contribution in [0.5, 0.6) is 0 Å². The van der Waals surface area contributed by atoms with Gasteiger partial charge in [0.2, 0.25) is 5.91 Å². The third-order valence-corrected chi connectivity index (χ3v) is 5.21. The molecule has 2 aromatic rings. The number of rotatable bonds is 6. The van der Waals surface area contributed by atoms with Gasteiger partial charge in [-0.25, -0.2) is 8.78 Å². The molecular formula is C22H27ClF2N2O. The van der Waals surface area contributed by atoms with Crippen molar-refractivity contribution in [3.63, 3.8) is 0 Å². The summed E-state index contributed by atoms with van der Waals surface area (Å²) in [5.41, 5.74) is 1.37. The lowest BCUT2D eigenvalue weighted by Crippen LogP contribution is -2.48. The molecule has 2 aromatic carbocycles. The second kappa shape index (κ2) is 10.5. The van der Waals surface area contributed by atoms with Crippen LogP contribution in [0.15, 0.2) is 48.5 Å². The van der Waals surface area contributed by atoms with Crippen LogP contribution in [-0.4, -0.2) is 36.5 Å². The largest absolute Gasteiger partial charge is 0.306 e. The molecule has 1 aliphatic rings. The summed E-state index contributed by atoms with van der Waals surface area (Å²) in [6, 6.07) is 13.2. The Bertz CT molecular complexity index is 779. The van der Waals surface area contributed by atoms with Gasteiger partial charge in [0.1, 0.15) is 11.6 Å². The van der Waals surface area contributed by atoms with Gasteiger partial charge in [-0.2, -0.15) is 0 Å². The third-order valence-electron chi connectivity index (χ3n) is 5.21. The van der Waals surface area contributed by atoms with E-state index in [1.807, 2.05) is 13.0 Å². The molecule has 6 heteroatoms. The quantitative estimate of drug-likeness (QED) is 0.683. The van der Waals surface area contributed by atoms with Crippen LogP contribution in [0.2, 0.25) is 0 Å². The summed E-state index contributed by atoms with van der Waals surface area (Å²) in [6.07, 6.45) is 2.77. The maximum Gasteiger partial charge on any atom is 0.227 e. The number of carbonyl (C=O) groups excluding carboxylic acids is 1. The summed E-state index contributed by atoms with van der Waals surface area (Å²) >= 11 is 0. The van der Waals surface area contributed by atoms with Crippen molar-refractivity contribution in [3.8, 4) is 0 Å². The number of likely N-dealkylation sites (tertiary alicyclic amines) is 1. The van der Waals surface area contributed by atoms with Gasteiger partial charge in [-0.05, 0) is 49.1 Å². The number of piperidine rings is 1. The van der Waals surface area contributed by atoms with E-state index in [-0.39, 0.29) is 36.0 Å². The summed E-state index contributed by atoms with van der Waals surface area (Å²) in [5.74, 6) is -0.601. The lowest BCUT2D eigenvalue weighted by atomic mass is 10.0. The Morgan fingerprint density at radius 2 is 1.82 bits per heavy atom. The van der Waals surface area contributed by atoms with Gasteiger partial charge in [0.25, 0.3) is 0 Å². The van der Waals surface area contributed by atoms with Gasteiger partial charge in [0, 0.05) is 32.1 Å². The Morgan fingerprint density at radius 3 is 2.46 bits per heavy atom. The van der Waals surface area contributed by atoms with Crippen molar-refractivity contribution in [2.75, 3.05) is 24.5 Å². The fraction of sp³-hybridized carbons (Fsp3) is 0.409. The minimum absolute atomic E-state index is 0. The standard InChI is InChI=1S/C22H26F2N2O.ClH/c1-2-22(27)26(21-9-4-3-8-20(21)24)19-11-14-25(15-12-19)13-10-17-6-5-7-18(23)16-17;/h3-9,16,19H,2,10-15H2,1H3;1H. The molecule has 0 bridgehead atoms. The van der Waals surface area contributed by atoms with Crippen LogP contribution in [0.25, 0.3) is 0 Å². The summed E-state index contributed by atoms with van der Waals surface area (Å²) in [7, 11) is 0. The molecule has 28 heavy (non-hydrogen) atoms. The minimum atomic E-state index is -0.354. The number of benzene rings is 2. The van der Waals surface area contributed by atoms with Crippen molar-refractivity contribution < 1.29 is 13.6 Å². The molecule has 1 aliphatic heterocycles. The zero-order valence-corrected chi connectivity index (χ0v) is 16.9. The highest BCUT2D eigenvalue weighted by Gasteiger charge is 2.29. The molecule has 0 saturated carbocycles. The molecule has 0 spiro atoms. The van der Waals surface area contributed by atoms with E-state index in [0.29, 0.717) is 12.1 Å². The molecule has 0 unspecified atom stereocenters. The van der Waals surface area contributed by atoms with Crippen molar-refractivity contribution in [2.24, 2.45) is 0 Å². The maximum atomic E-state index is 14.3. The predicted molar refractivity (Wildman–Crippen MR) is 111 cm³/mol. The first-order chi connectivity index (χ1) is 13.1. The van der Waals surface area contributed by atoms with E-state index in [4.69, 9.17) is 0 Å². The van der Waals surface area contributed by atoms with E-state index in [1.54, 1.807) is 35.2 Å². The average molecular weight is 409 g/mol. The predicted octanol–water partition coefficient (Wildman–Crippen LogP) is 4.84. The molecule has 0 radical (unpaired) electrons. The number of hydrogen-bond donors (Lipinski definition) is 0. The average Bonchev–Trinajstić information content (AvgIpc) is 2.69. The zero-order valence-electron chi connectivity index (χ0n) is 16.1. The molecule has 0 atom stereocenters. The highest BCUT2D eigenvalue weighted by atomic mass is 35.5. The fourth-order valence-electron chi connectivity index (χ4n) is 3.73. The topological polar surface area (TPSA) is 23.6 Å². The number of para-hydroxylation sites is 1. The van der Waals surface area contributed by atoms with Crippen LogP contribution in [-0.2, 0) is 11.2 Å². The summed E-state index contributed by atoms with van der Waals surface area (Å²) in [4.78, 5) is 16.5. The van der Waals surface area contributed by atoms with Crippen molar-refractivity contribution in [1.29, 1.82) is 0 Å². The number of amides is 1. The highest BCUT2D eigenvalue weighted by Crippen LogP contribution is 2.27. The number of nitrogens with zero attached hydrogens (tertiary/aromatic N) is 2. The molecule has 3 rings (SSSR count). The third kappa shape index (κ3) is 5.52. The second-order valence-electron chi connectivity index (χ2n) is 7.02. The van der Waals surface area contributed by atoms with Crippen LogP contribution in [0.3, 0.4) is 0 Å². The number of carbonyl (C=O) groups is 1. The van der Waals surface area contributed by atoms with Gasteiger partial charge in [-0.15, -0.1) is 12.4 Å². The molecule has 0 N–H and O–H groups in total. The molecule has 1 heterocycles. The summed E-state index contributed by atoms with van der Waals surface area (Å²) in [6.45, 7) is 4.37. The van der Waals surface area contributed by atoms with E-state index in [0.717, 1.165) is 44.5 Å². The van der Waals surface area contributed by atoms with Crippen molar-refractivity contribution in [1.82, 2.24) is 4.90 Å². The summed E-state index contributed by atoms with van der Waals surface area (Å²) < 4.78 is 27.6. The first kappa shape index (κ1) is 22.3. The van der Waals surface area contributed by atoms with Crippen LogP contribution >= 0.6 is 12.4 Å². The molecule has 0 aromatic heterocycles. The number of anilines is 1. The van der Waals surface area contributed by atoms with E-state index >= 15 is 0 Å². The molecule has 152 valence electrons. The van der Waals surface area contributed by atoms with Crippen LogP contribution in [0.4, 0.5) is 14.5 Å². The molecule has 3 nitrogen and oxygen atoms in total. The van der Waals surface area contributed by atoms with Gasteiger partial charge >= 0.3 is 0 Å². The van der Waals surface area contributed by atoms with Crippen LogP contribution in [0, 0.1) is 11.6 Å². The molecule has 1 amide bonds. The monoisotopic (exact) mass is 408 g/mol. The van der Waals surface area contributed by atoms with Crippen LogP contribution < -0.4 is 4.90 Å². The van der Waals surface area contributed by atoms with Crippen LogP contribution in [0.1, 0.15) is 31.7 Å². The minimum Gasteiger partial charge on any atom is -0.306 e. The van der Waals surface area contributed by atoms with E-state index in [9.17, 15) is 13.6 Å².